The van der Waals surface area contributed by atoms with Crippen molar-refractivity contribution in [3.8, 4) is 0 Å². The first kappa shape index (κ1) is 18.9. The van der Waals surface area contributed by atoms with Crippen molar-refractivity contribution < 1.29 is 9.90 Å². The van der Waals surface area contributed by atoms with Gasteiger partial charge in [-0.15, -0.1) is 12.4 Å². The first-order valence-electron chi connectivity index (χ1n) is 7.86. The highest BCUT2D eigenvalue weighted by Gasteiger charge is 2.22. The molecule has 1 fully saturated rings. The number of aliphatic hydroxyl groups is 1. The fraction of sp³-hybridized carbons (Fsp3) is 0.588. The zero-order valence-corrected chi connectivity index (χ0v) is 14.2. The monoisotopic (exact) mass is 326 g/mol. The van der Waals surface area contributed by atoms with Gasteiger partial charge in [0.2, 0.25) is 5.91 Å². The summed E-state index contributed by atoms with van der Waals surface area (Å²) in [6, 6.07) is 8.13. The van der Waals surface area contributed by atoms with E-state index in [2.05, 4.69) is 5.32 Å². The number of amides is 1. The van der Waals surface area contributed by atoms with Gasteiger partial charge < -0.3 is 15.3 Å². The summed E-state index contributed by atoms with van der Waals surface area (Å²) in [5.41, 5.74) is 2.03. The van der Waals surface area contributed by atoms with E-state index in [9.17, 15) is 9.90 Å². The zero-order chi connectivity index (χ0) is 15.2. The van der Waals surface area contributed by atoms with E-state index in [-0.39, 0.29) is 18.3 Å². The van der Waals surface area contributed by atoms with E-state index in [1.165, 1.54) is 5.56 Å². The Morgan fingerprint density at radius 3 is 2.64 bits per heavy atom. The lowest BCUT2D eigenvalue weighted by Crippen LogP contribution is -2.38. The summed E-state index contributed by atoms with van der Waals surface area (Å²) in [5.74, 6) is 0.128. The number of nitrogens with one attached hydrogen (secondary N) is 1. The van der Waals surface area contributed by atoms with Gasteiger partial charge in [-0.05, 0) is 38.8 Å². The van der Waals surface area contributed by atoms with Gasteiger partial charge in [0.25, 0.3) is 0 Å². The summed E-state index contributed by atoms with van der Waals surface area (Å²) in [6.07, 6.45) is 2.14. The van der Waals surface area contributed by atoms with E-state index in [4.69, 9.17) is 0 Å². The Bertz CT molecular complexity index is 458. The molecule has 5 heteroatoms. The zero-order valence-electron chi connectivity index (χ0n) is 13.4. The van der Waals surface area contributed by atoms with Crippen molar-refractivity contribution in [3.63, 3.8) is 0 Å². The minimum absolute atomic E-state index is 0. The number of aryl methyl sites for hydroxylation is 1. The Labute approximate surface area is 139 Å². The highest BCUT2D eigenvalue weighted by Crippen LogP contribution is 2.17. The number of nitrogens with zero attached hydrogens (tertiary/aromatic N) is 1. The van der Waals surface area contributed by atoms with Gasteiger partial charge in [0.15, 0.2) is 0 Å². The number of hydrogen-bond donors (Lipinski definition) is 2. The number of hydrogen-bond acceptors (Lipinski definition) is 3. The molecule has 2 atom stereocenters. The summed E-state index contributed by atoms with van der Waals surface area (Å²) in [6.45, 7) is 5.99. The molecule has 2 N–H and O–H groups in total. The molecular formula is C17H27ClN2O2. The molecule has 4 nitrogen and oxygen atoms in total. The van der Waals surface area contributed by atoms with Crippen LogP contribution in [0.15, 0.2) is 24.3 Å². The summed E-state index contributed by atoms with van der Waals surface area (Å²) < 4.78 is 0. The van der Waals surface area contributed by atoms with Crippen LogP contribution >= 0.6 is 12.4 Å². The van der Waals surface area contributed by atoms with Crippen LogP contribution < -0.4 is 5.32 Å². The summed E-state index contributed by atoms with van der Waals surface area (Å²) in [7, 11) is 0. The molecule has 0 aliphatic carbocycles. The Hall–Kier alpha value is -1.10. The number of halogens is 1. The number of aliphatic hydroxyl groups excluding tert-OH is 1. The smallest absolute Gasteiger partial charge is 0.224 e. The molecular weight excluding hydrogens is 300 g/mol. The van der Waals surface area contributed by atoms with E-state index in [0.29, 0.717) is 25.6 Å². The average molecular weight is 327 g/mol. The van der Waals surface area contributed by atoms with Crippen molar-refractivity contribution in [1.82, 2.24) is 10.2 Å². The van der Waals surface area contributed by atoms with Crippen molar-refractivity contribution in [2.24, 2.45) is 0 Å². The number of carbonyl (C=O) groups is 1. The number of carbonyl (C=O) groups excluding carboxylic acids is 1. The fourth-order valence-corrected chi connectivity index (χ4v) is 2.78. The second-order valence-electron chi connectivity index (χ2n) is 5.86. The van der Waals surface area contributed by atoms with Gasteiger partial charge in [-0.2, -0.15) is 0 Å². The van der Waals surface area contributed by atoms with Gasteiger partial charge in [0, 0.05) is 19.0 Å². The largest absolute Gasteiger partial charge is 0.387 e. The van der Waals surface area contributed by atoms with Crippen molar-refractivity contribution in [1.29, 1.82) is 0 Å². The molecule has 0 aromatic heterocycles. The van der Waals surface area contributed by atoms with Crippen LogP contribution in [0.5, 0.6) is 0 Å². The lowest BCUT2D eigenvalue weighted by molar-refractivity contribution is -0.132. The summed E-state index contributed by atoms with van der Waals surface area (Å²) in [4.78, 5) is 14.1. The highest BCUT2D eigenvalue weighted by atomic mass is 35.5. The van der Waals surface area contributed by atoms with Crippen LogP contribution in [0.4, 0.5) is 0 Å². The first-order valence-corrected chi connectivity index (χ1v) is 7.86. The fourth-order valence-electron chi connectivity index (χ4n) is 2.78. The summed E-state index contributed by atoms with van der Waals surface area (Å²) >= 11 is 0. The second kappa shape index (κ2) is 9.13. The van der Waals surface area contributed by atoms with Crippen LogP contribution in [0, 0.1) is 6.92 Å². The van der Waals surface area contributed by atoms with Crippen LogP contribution in [0.25, 0.3) is 0 Å². The van der Waals surface area contributed by atoms with Crippen molar-refractivity contribution >= 4 is 18.3 Å². The molecule has 1 amide bonds. The average Bonchev–Trinajstić information content (AvgIpc) is 2.98. The van der Waals surface area contributed by atoms with Gasteiger partial charge in [-0.25, -0.2) is 0 Å². The van der Waals surface area contributed by atoms with Crippen LogP contribution in [-0.4, -0.2) is 41.6 Å². The molecule has 1 heterocycles. The Morgan fingerprint density at radius 2 is 2.09 bits per heavy atom. The molecule has 1 aliphatic rings. The third kappa shape index (κ3) is 5.27. The molecule has 0 spiro atoms. The van der Waals surface area contributed by atoms with Gasteiger partial charge >= 0.3 is 0 Å². The van der Waals surface area contributed by atoms with Crippen LogP contribution in [-0.2, 0) is 4.79 Å². The maximum absolute atomic E-state index is 12.3. The van der Waals surface area contributed by atoms with Gasteiger partial charge in [0.05, 0.1) is 12.6 Å². The van der Waals surface area contributed by atoms with E-state index in [0.717, 1.165) is 24.9 Å². The Balaban J connectivity index is 0.00000242. The summed E-state index contributed by atoms with van der Waals surface area (Å²) in [5, 5.41) is 13.7. The van der Waals surface area contributed by atoms with Crippen LogP contribution in [0.3, 0.4) is 0 Å². The molecule has 0 bridgehead atoms. The molecule has 1 aromatic carbocycles. The third-order valence-electron chi connectivity index (χ3n) is 4.17. The molecule has 1 saturated heterocycles. The second-order valence-corrected chi connectivity index (χ2v) is 5.86. The normalized spacial score (nSPS) is 18.6. The molecule has 124 valence electrons. The minimum atomic E-state index is -0.619. The first-order chi connectivity index (χ1) is 10.1. The molecule has 2 unspecified atom stereocenters. The molecule has 0 saturated carbocycles. The van der Waals surface area contributed by atoms with Gasteiger partial charge in [0.1, 0.15) is 0 Å². The minimum Gasteiger partial charge on any atom is -0.387 e. The maximum atomic E-state index is 12.3. The van der Waals surface area contributed by atoms with Gasteiger partial charge in [-0.3, -0.25) is 4.79 Å². The van der Waals surface area contributed by atoms with E-state index < -0.39 is 6.10 Å². The standard InChI is InChI=1S/C17H26N2O2.ClH/c1-3-19(17(21)11-15-5-4-10-18-15)12-16(20)14-8-6-13(2)7-9-14;/h6-9,15-16,18,20H,3-5,10-12H2,1-2H3;1H. The van der Waals surface area contributed by atoms with Crippen molar-refractivity contribution in [3.05, 3.63) is 35.4 Å². The Kier molecular flexibility index (Phi) is 7.87. The third-order valence-corrected chi connectivity index (χ3v) is 4.17. The molecule has 2 rings (SSSR count). The predicted octanol–water partition coefficient (Wildman–Crippen LogP) is 2.44. The highest BCUT2D eigenvalue weighted by molar-refractivity contribution is 5.85. The molecule has 0 radical (unpaired) electrons. The lowest BCUT2D eigenvalue weighted by Gasteiger charge is -2.25. The van der Waals surface area contributed by atoms with Crippen molar-refractivity contribution in [2.45, 2.75) is 45.3 Å². The molecule has 1 aromatic rings. The molecule has 1 aliphatic heterocycles. The van der Waals surface area contributed by atoms with Gasteiger partial charge in [-0.1, -0.05) is 29.8 Å². The van der Waals surface area contributed by atoms with Crippen LogP contribution in [0.1, 0.15) is 43.4 Å². The number of likely N-dealkylation sites (N-methyl/N-ethyl adjacent to an activating group) is 1. The Morgan fingerprint density at radius 1 is 1.41 bits per heavy atom. The predicted molar refractivity (Wildman–Crippen MR) is 91.3 cm³/mol. The van der Waals surface area contributed by atoms with Crippen LogP contribution in [0.2, 0.25) is 0 Å². The molecule has 22 heavy (non-hydrogen) atoms. The van der Waals surface area contributed by atoms with E-state index in [1.807, 2.05) is 38.1 Å². The van der Waals surface area contributed by atoms with Crippen molar-refractivity contribution in [2.75, 3.05) is 19.6 Å². The number of benzene rings is 1. The lowest BCUT2D eigenvalue weighted by atomic mass is 10.1. The topological polar surface area (TPSA) is 52.6 Å². The number of rotatable bonds is 6. The SMILES string of the molecule is CCN(CC(O)c1ccc(C)cc1)C(=O)CC1CCCN1.Cl. The maximum Gasteiger partial charge on any atom is 0.224 e. The van der Waals surface area contributed by atoms with E-state index in [1.54, 1.807) is 4.90 Å². The quantitative estimate of drug-likeness (QED) is 0.844. The van der Waals surface area contributed by atoms with E-state index >= 15 is 0 Å².